The number of benzene rings is 1. The van der Waals surface area contributed by atoms with Crippen LogP contribution in [0, 0.1) is 6.92 Å². The molecule has 100 valence electrons. The number of carbonyl (C=O) groups excluding carboxylic acids is 2. The molecule has 3 rings (SSSR count). The molecule has 5 heteroatoms. The van der Waals surface area contributed by atoms with E-state index in [0.717, 1.165) is 28.6 Å². The third-order valence-electron chi connectivity index (χ3n) is 3.55. The van der Waals surface area contributed by atoms with E-state index in [2.05, 4.69) is 21.2 Å². The van der Waals surface area contributed by atoms with Gasteiger partial charge >= 0.3 is 0 Å². The second-order valence-electron chi connectivity index (χ2n) is 5.22. The lowest BCUT2D eigenvalue weighted by Crippen LogP contribution is -2.36. The second kappa shape index (κ2) is 4.63. The molecule has 2 amide bonds. The number of anilines is 1. The normalized spacial score (nSPS) is 23.1. The van der Waals surface area contributed by atoms with Gasteiger partial charge in [-0.25, -0.2) is 0 Å². The molecule has 1 heterocycles. The van der Waals surface area contributed by atoms with Gasteiger partial charge in [0.2, 0.25) is 5.91 Å². The summed E-state index contributed by atoms with van der Waals surface area (Å²) >= 11 is 3.46. The molecule has 19 heavy (non-hydrogen) atoms. The molecule has 1 unspecified atom stereocenters. The zero-order valence-corrected chi connectivity index (χ0v) is 12.2. The van der Waals surface area contributed by atoms with Crippen LogP contribution in [0.3, 0.4) is 0 Å². The third-order valence-corrected chi connectivity index (χ3v) is 4.24. The van der Waals surface area contributed by atoms with Gasteiger partial charge in [-0.05, 0) is 53.4 Å². The minimum Gasteiger partial charge on any atom is -0.372 e. The minimum absolute atomic E-state index is 0.0474. The van der Waals surface area contributed by atoms with E-state index >= 15 is 0 Å². The van der Waals surface area contributed by atoms with Gasteiger partial charge < -0.3 is 5.32 Å². The van der Waals surface area contributed by atoms with Crippen molar-refractivity contribution in [1.82, 2.24) is 4.90 Å². The number of halogens is 1. The van der Waals surface area contributed by atoms with Crippen molar-refractivity contribution in [3.05, 3.63) is 28.2 Å². The molecule has 1 saturated heterocycles. The summed E-state index contributed by atoms with van der Waals surface area (Å²) in [5.74, 6) is -0.130. The van der Waals surface area contributed by atoms with E-state index in [4.69, 9.17) is 0 Å². The number of likely N-dealkylation sites (tertiary alicyclic amines) is 1. The van der Waals surface area contributed by atoms with Crippen molar-refractivity contribution in [3.8, 4) is 0 Å². The number of aryl methyl sites for hydroxylation is 1. The van der Waals surface area contributed by atoms with Crippen LogP contribution in [0.15, 0.2) is 22.7 Å². The predicted octanol–water partition coefficient (Wildman–Crippen LogP) is 2.46. The lowest BCUT2D eigenvalue weighted by molar-refractivity contribution is -0.139. The van der Waals surface area contributed by atoms with E-state index in [-0.39, 0.29) is 24.3 Å². The molecule has 1 N–H and O–H groups in total. The van der Waals surface area contributed by atoms with Crippen LogP contribution in [0.1, 0.15) is 24.8 Å². The van der Waals surface area contributed by atoms with E-state index < -0.39 is 6.04 Å². The second-order valence-corrected chi connectivity index (χ2v) is 6.07. The van der Waals surface area contributed by atoms with Gasteiger partial charge in [0.05, 0.1) is 6.42 Å². The first kappa shape index (κ1) is 12.7. The Morgan fingerprint density at radius 3 is 2.74 bits per heavy atom. The highest BCUT2D eigenvalue weighted by atomic mass is 79.9. The van der Waals surface area contributed by atoms with Gasteiger partial charge in [0.25, 0.3) is 5.91 Å². The number of nitrogens with one attached hydrogen (secondary N) is 1. The molecule has 1 aliphatic heterocycles. The van der Waals surface area contributed by atoms with Crippen LogP contribution in [0.4, 0.5) is 5.69 Å². The summed E-state index contributed by atoms with van der Waals surface area (Å²) in [4.78, 5) is 25.5. The van der Waals surface area contributed by atoms with Crippen molar-refractivity contribution in [2.45, 2.75) is 38.3 Å². The van der Waals surface area contributed by atoms with Crippen LogP contribution in [0.2, 0.25) is 0 Å². The van der Waals surface area contributed by atoms with Gasteiger partial charge in [-0.2, -0.15) is 0 Å². The molecule has 0 spiro atoms. The van der Waals surface area contributed by atoms with Crippen molar-refractivity contribution >= 4 is 33.4 Å². The zero-order valence-electron chi connectivity index (χ0n) is 10.6. The van der Waals surface area contributed by atoms with E-state index in [1.807, 2.05) is 25.1 Å². The van der Waals surface area contributed by atoms with E-state index in [1.165, 1.54) is 4.90 Å². The van der Waals surface area contributed by atoms with Gasteiger partial charge in [0.1, 0.15) is 6.04 Å². The molecular weight excluding hydrogens is 308 g/mol. The van der Waals surface area contributed by atoms with Gasteiger partial charge in [-0.1, -0.05) is 6.07 Å². The topological polar surface area (TPSA) is 49.4 Å². The predicted molar refractivity (Wildman–Crippen MR) is 75.8 cm³/mol. The average Bonchev–Trinajstić information content (AvgIpc) is 3.13. The van der Waals surface area contributed by atoms with E-state index in [0.29, 0.717) is 0 Å². The van der Waals surface area contributed by atoms with Crippen LogP contribution in [0.5, 0.6) is 0 Å². The fourth-order valence-electron chi connectivity index (χ4n) is 2.42. The molecule has 0 radical (unpaired) electrons. The Bertz CT molecular complexity index is 554. The SMILES string of the molecule is Cc1ccc(Br)c(NC2CC(=O)N(C3CC3)C2=O)c1. The highest BCUT2D eigenvalue weighted by molar-refractivity contribution is 9.10. The summed E-state index contributed by atoms with van der Waals surface area (Å²) in [5.41, 5.74) is 1.98. The maximum atomic E-state index is 12.2. The molecule has 1 aliphatic carbocycles. The Morgan fingerprint density at radius 2 is 2.05 bits per heavy atom. The first-order valence-electron chi connectivity index (χ1n) is 6.45. The van der Waals surface area contributed by atoms with Gasteiger partial charge in [0, 0.05) is 16.2 Å². The van der Waals surface area contributed by atoms with Crippen LogP contribution in [-0.2, 0) is 9.59 Å². The number of hydrogen-bond donors (Lipinski definition) is 1. The van der Waals surface area contributed by atoms with Crippen molar-refractivity contribution in [3.63, 3.8) is 0 Å². The Balaban J connectivity index is 1.78. The van der Waals surface area contributed by atoms with Crippen LogP contribution < -0.4 is 5.32 Å². The summed E-state index contributed by atoms with van der Waals surface area (Å²) < 4.78 is 0.906. The Kier molecular flexibility index (Phi) is 3.09. The summed E-state index contributed by atoms with van der Waals surface area (Å²) in [6.07, 6.45) is 2.17. The van der Waals surface area contributed by atoms with Crippen molar-refractivity contribution in [1.29, 1.82) is 0 Å². The molecule has 2 fully saturated rings. The quantitative estimate of drug-likeness (QED) is 0.870. The molecule has 0 bridgehead atoms. The van der Waals surface area contributed by atoms with Gasteiger partial charge in [-0.15, -0.1) is 0 Å². The first-order valence-corrected chi connectivity index (χ1v) is 7.24. The molecule has 1 aromatic carbocycles. The largest absolute Gasteiger partial charge is 0.372 e. The highest BCUT2D eigenvalue weighted by Crippen LogP contribution is 2.33. The smallest absolute Gasteiger partial charge is 0.252 e. The number of nitrogens with zero attached hydrogens (tertiary/aromatic N) is 1. The molecular formula is C14H15BrN2O2. The van der Waals surface area contributed by atoms with Crippen molar-refractivity contribution in [2.24, 2.45) is 0 Å². The van der Waals surface area contributed by atoms with Crippen LogP contribution >= 0.6 is 15.9 Å². The van der Waals surface area contributed by atoms with Gasteiger partial charge in [-0.3, -0.25) is 14.5 Å². The summed E-state index contributed by atoms with van der Waals surface area (Å²) in [6.45, 7) is 2.00. The molecule has 1 aromatic rings. The number of carbonyl (C=O) groups is 2. The molecule has 1 saturated carbocycles. The van der Waals surface area contributed by atoms with E-state index in [1.54, 1.807) is 0 Å². The van der Waals surface area contributed by atoms with Crippen LogP contribution in [0.25, 0.3) is 0 Å². The summed E-state index contributed by atoms with van der Waals surface area (Å²) in [5, 5.41) is 3.18. The number of hydrogen-bond acceptors (Lipinski definition) is 3. The Labute approximate surface area is 120 Å². The monoisotopic (exact) mass is 322 g/mol. The lowest BCUT2D eigenvalue weighted by atomic mass is 10.2. The van der Waals surface area contributed by atoms with Crippen molar-refractivity contribution < 1.29 is 9.59 Å². The average molecular weight is 323 g/mol. The molecule has 2 aliphatic rings. The number of imide groups is 1. The minimum atomic E-state index is -0.425. The molecule has 4 nitrogen and oxygen atoms in total. The summed E-state index contributed by atoms with van der Waals surface area (Å²) in [7, 11) is 0. The van der Waals surface area contributed by atoms with E-state index in [9.17, 15) is 9.59 Å². The van der Waals surface area contributed by atoms with Gasteiger partial charge in [0.15, 0.2) is 0 Å². The standard InChI is InChI=1S/C14H15BrN2O2/c1-8-2-5-10(15)11(6-8)16-12-7-13(18)17(14(12)19)9-3-4-9/h2,5-6,9,12,16H,3-4,7H2,1H3. The third kappa shape index (κ3) is 2.39. The molecule has 1 atom stereocenters. The first-order chi connectivity index (χ1) is 9.06. The molecule has 0 aromatic heterocycles. The number of amides is 2. The fraction of sp³-hybridized carbons (Fsp3) is 0.429. The summed E-state index contributed by atoms with van der Waals surface area (Å²) in [6, 6.07) is 5.64. The van der Waals surface area contributed by atoms with Crippen molar-refractivity contribution in [2.75, 3.05) is 5.32 Å². The Morgan fingerprint density at radius 1 is 1.32 bits per heavy atom. The fourth-order valence-corrected chi connectivity index (χ4v) is 2.78. The lowest BCUT2D eigenvalue weighted by Gasteiger charge is -2.16. The number of rotatable bonds is 3. The maximum Gasteiger partial charge on any atom is 0.252 e. The van der Waals surface area contributed by atoms with Crippen LogP contribution in [-0.4, -0.2) is 28.8 Å². The zero-order chi connectivity index (χ0) is 13.6. The highest BCUT2D eigenvalue weighted by Gasteiger charge is 2.46. The Hall–Kier alpha value is -1.36. The maximum absolute atomic E-state index is 12.2.